The largest absolute Gasteiger partial charge is 0.510 e. The van der Waals surface area contributed by atoms with Crippen LogP contribution in [-0.4, -0.2) is 131 Å². The molecule has 2 saturated heterocycles. The fraction of sp³-hybridized carbons (Fsp3) is 0.647. The maximum absolute atomic E-state index is 15.0. The van der Waals surface area contributed by atoms with Crippen molar-refractivity contribution in [3.8, 4) is 0 Å². The molecule has 0 amide bonds. The molecule has 63 heavy (non-hydrogen) atoms. The van der Waals surface area contributed by atoms with Crippen LogP contribution in [0.15, 0.2) is 23.8 Å². The molecule has 26 nitrogen and oxygen atoms in total. The minimum absolute atomic E-state index is 0.0215. The number of rotatable bonds is 11. The number of aryl methyl sites for hydroxylation is 1. The van der Waals surface area contributed by atoms with Crippen molar-refractivity contribution in [3.05, 3.63) is 35.2 Å². The van der Waals surface area contributed by atoms with Crippen molar-refractivity contribution in [2.45, 2.75) is 89.9 Å². The monoisotopic (exact) mass is 945 g/mol. The summed E-state index contributed by atoms with van der Waals surface area (Å²) in [7, 11) is -4.99. The van der Waals surface area contributed by atoms with Gasteiger partial charge in [0.25, 0.3) is 5.56 Å². The minimum atomic E-state index is -4.99. The number of fused-ring (bicyclic) bond motifs is 4. The molecule has 4 fully saturated rings. The fourth-order valence-electron chi connectivity index (χ4n) is 8.08. The first kappa shape index (κ1) is 45.3. The molecule has 6 heterocycles. The molecule has 2 bridgehead atoms. The molecule has 2 saturated carbocycles. The Bertz CT molecular complexity index is 2520. The Morgan fingerprint density at radius 3 is 2.46 bits per heavy atom. The van der Waals surface area contributed by atoms with Crippen LogP contribution in [0.3, 0.4) is 0 Å². The summed E-state index contributed by atoms with van der Waals surface area (Å²) in [6.07, 6.45) is -6.32. The maximum Gasteiger partial charge on any atom is 0.510 e. The molecule has 344 valence electrons. The van der Waals surface area contributed by atoms with E-state index >= 15 is 9.13 Å². The molecule has 4 aliphatic rings. The van der Waals surface area contributed by atoms with Crippen LogP contribution >= 0.6 is 26.0 Å². The summed E-state index contributed by atoms with van der Waals surface area (Å²) < 4.78 is 89.9. The fourth-order valence-corrected chi connectivity index (χ4v) is 12.2. The summed E-state index contributed by atoms with van der Waals surface area (Å²) >= 11 is 0.466. The highest BCUT2D eigenvalue weighted by molar-refractivity contribution is 8.55. The second-order valence-corrected chi connectivity index (χ2v) is 21.3. The Kier molecular flexibility index (Phi) is 12.7. The average Bonchev–Trinajstić information content (AvgIpc) is 3.50. The van der Waals surface area contributed by atoms with E-state index in [1.54, 1.807) is 32.3 Å². The third-order valence-electron chi connectivity index (χ3n) is 10.9. The van der Waals surface area contributed by atoms with E-state index in [-0.39, 0.29) is 40.4 Å². The van der Waals surface area contributed by atoms with Gasteiger partial charge in [0.2, 0.25) is 6.79 Å². The summed E-state index contributed by atoms with van der Waals surface area (Å²) in [4.78, 5) is 61.3. The zero-order valence-corrected chi connectivity index (χ0v) is 36.9. The number of carbonyl (C=O) groups is 2. The molecule has 2 aliphatic heterocycles. The van der Waals surface area contributed by atoms with Gasteiger partial charge in [0.15, 0.2) is 34.8 Å². The van der Waals surface area contributed by atoms with E-state index in [4.69, 9.17) is 52.0 Å². The van der Waals surface area contributed by atoms with E-state index in [9.17, 15) is 24.6 Å². The highest BCUT2D eigenvalue weighted by atomic mass is 32.7. The predicted octanol–water partition coefficient (Wildman–Crippen LogP) is 3.10. The second-order valence-electron chi connectivity index (χ2n) is 15.7. The number of carbonyl (C=O) groups excluding carboxylic acids is 2. The van der Waals surface area contributed by atoms with Crippen LogP contribution in [0.5, 0.6) is 0 Å². The van der Waals surface area contributed by atoms with Gasteiger partial charge in [0, 0.05) is 22.7 Å². The van der Waals surface area contributed by atoms with Gasteiger partial charge in [-0.2, -0.15) is 0 Å². The van der Waals surface area contributed by atoms with Gasteiger partial charge >= 0.3 is 26.9 Å². The Morgan fingerprint density at radius 2 is 1.73 bits per heavy atom. The van der Waals surface area contributed by atoms with Gasteiger partial charge in [0.1, 0.15) is 36.0 Å². The Morgan fingerprint density at radius 1 is 1.02 bits per heavy atom. The van der Waals surface area contributed by atoms with Gasteiger partial charge in [0.05, 0.1) is 56.8 Å². The number of ether oxygens (including phenoxy) is 5. The maximum atomic E-state index is 15.0. The van der Waals surface area contributed by atoms with E-state index in [0.717, 1.165) is 0 Å². The van der Waals surface area contributed by atoms with Gasteiger partial charge < -0.3 is 49.2 Å². The van der Waals surface area contributed by atoms with Crippen molar-refractivity contribution in [2.75, 3.05) is 38.3 Å². The molecular formula is C34H45N9O17P2S. The third-order valence-corrected chi connectivity index (χ3v) is 15.6. The van der Waals surface area contributed by atoms with Crippen molar-refractivity contribution < 1.29 is 75.2 Å². The second kappa shape index (κ2) is 17.6. The van der Waals surface area contributed by atoms with Gasteiger partial charge in [-0.25, -0.2) is 48.2 Å². The minimum Gasteiger partial charge on any atom is -0.432 e. The van der Waals surface area contributed by atoms with E-state index in [0.29, 0.717) is 11.4 Å². The lowest BCUT2D eigenvalue weighted by Crippen LogP contribution is -2.38. The standard InChI is InChI=1S/C34H45N9O17P2S/c1-15(2)56-32(47)51-13-55-61(49)54-9-34-6-19(34)23(42-11-38-21-27(35)36-10-37-28(21)42)24(45)26(34)60-62(50,63-14-52-33(48)57-16(3)4)53-8-20-18(7-44)25(59-61)31(58-20)43-12-39-22-29(43)40-17(5)41-30(22)46/h10-12,15-16,18-20,23-26,31,44-45H,6-9,13-14H2,1-5H3,(H2,35,36,37)(H,40,41,46)/t18-,19-,20-,23-,24+,25-,26+,31-,34?,61+,62-/m1/s1. The molecule has 4 aromatic heterocycles. The number of imidazole rings is 2. The van der Waals surface area contributed by atoms with Crippen molar-refractivity contribution in [1.29, 1.82) is 0 Å². The third kappa shape index (κ3) is 8.93. The molecule has 4 aromatic rings. The molecule has 5 N–H and O–H groups in total. The SMILES string of the molecule is Cc1nc2c(ncn2[C@@H]2O[C@@H]3CO[P@@](=O)(SCOC(=O)OC(C)C)O[C@H]4[C@@H](O)[C@H](n5cnc6c(N)ncnc65)[C@H]5CC54CO[P@@](=O)(OCOC(=O)OC(C)C)O[C@@H]2[C@@H]3CO)c(=O)[nH]1. The molecule has 1 spiro atoms. The van der Waals surface area contributed by atoms with Gasteiger partial charge in [-0.3, -0.25) is 27.5 Å². The first-order valence-corrected chi connectivity index (χ1v) is 24.2. The van der Waals surface area contributed by atoms with Crippen molar-refractivity contribution in [2.24, 2.45) is 17.3 Å². The van der Waals surface area contributed by atoms with Crippen LogP contribution in [0, 0.1) is 24.2 Å². The normalized spacial score (nSPS) is 33.0. The number of nitrogens with one attached hydrogen (secondary N) is 1. The van der Waals surface area contributed by atoms with Gasteiger partial charge in [-0.1, -0.05) is 0 Å². The zero-order chi connectivity index (χ0) is 45.0. The van der Waals surface area contributed by atoms with Gasteiger partial charge in [-0.15, -0.1) is 0 Å². The number of hydrogen-bond donors (Lipinski definition) is 4. The summed E-state index contributed by atoms with van der Waals surface area (Å²) in [5.74, 6) is -2.05. The molecule has 29 heteroatoms. The lowest BCUT2D eigenvalue weighted by Gasteiger charge is -2.32. The number of H-pyrrole nitrogens is 1. The summed E-state index contributed by atoms with van der Waals surface area (Å²) in [5.41, 5.74) is 4.64. The highest BCUT2D eigenvalue weighted by Gasteiger charge is 2.74. The zero-order valence-electron chi connectivity index (χ0n) is 34.3. The highest BCUT2D eigenvalue weighted by Crippen LogP contribution is 2.74. The average molecular weight is 946 g/mol. The first-order chi connectivity index (χ1) is 29.9. The summed E-state index contributed by atoms with van der Waals surface area (Å²) in [5, 5.41) is 23.0. The van der Waals surface area contributed by atoms with E-state index in [1.165, 1.54) is 30.5 Å². The molecule has 11 atom stereocenters. The summed E-state index contributed by atoms with van der Waals surface area (Å²) in [6.45, 7) is 0.434. The van der Waals surface area contributed by atoms with Crippen molar-refractivity contribution in [3.63, 3.8) is 0 Å². The van der Waals surface area contributed by atoms with Crippen LogP contribution in [0.4, 0.5) is 15.4 Å². The molecule has 1 unspecified atom stereocenters. The van der Waals surface area contributed by atoms with E-state index in [2.05, 4.69) is 29.9 Å². The van der Waals surface area contributed by atoms with E-state index in [1.807, 2.05) is 0 Å². The summed E-state index contributed by atoms with van der Waals surface area (Å²) in [6, 6.07) is -0.881. The van der Waals surface area contributed by atoms with Crippen molar-refractivity contribution >= 4 is 66.5 Å². The van der Waals surface area contributed by atoms with Crippen LogP contribution in [0.1, 0.15) is 52.2 Å². The number of aromatic amines is 1. The topological polar surface area (TPSA) is 334 Å². The van der Waals surface area contributed by atoms with E-state index < -0.39 is 131 Å². The smallest absolute Gasteiger partial charge is 0.432 e. The Balaban J connectivity index is 1.19. The number of nitrogens with zero attached hydrogens (tertiary/aromatic N) is 7. The molecule has 2 aliphatic carbocycles. The number of aliphatic hydroxyl groups excluding tert-OH is 2. The van der Waals surface area contributed by atoms with Crippen LogP contribution in [0.25, 0.3) is 22.3 Å². The first-order valence-electron chi connectivity index (χ1n) is 19.6. The lowest BCUT2D eigenvalue weighted by molar-refractivity contribution is -0.0688. The number of nitrogen functional groups attached to an aromatic ring is 1. The van der Waals surface area contributed by atoms with Crippen LogP contribution in [0.2, 0.25) is 0 Å². The predicted molar refractivity (Wildman–Crippen MR) is 213 cm³/mol. The number of aliphatic hydroxyl groups is 2. The Labute approximate surface area is 360 Å². The van der Waals surface area contributed by atoms with Crippen LogP contribution in [-0.2, 0) is 55.4 Å². The number of nitrogens with two attached hydrogens (primary N) is 1. The van der Waals surface area contributed by atoms with Crippen LogP contribution < -0.4 is 11.3 Å². The quantitative estimate of drug-likeness (QED) is 0.0953. The number of anilines is 1. The number of aromatic nitrogens is 8. The molecule has 0 radical (unpaired) electrons. The lowest BCUT2D eigenvalue weighted by atomic mass is 9.99. The van der Waals surface area contributed by atoms with Gasteiger partial charge in [-0.05, 0) is 47.0 Å². The number of hydrogen-bond acceptors (Lipinski definition) is 24. The number of phosphoric acid groups is 1. The molecule has 8 rings (SSSR count). The number of phosphoric ester groups is 1. The molecule has 0 aromatic carbocycles. The Hall–Kier alpha value is -4.27. The van der Waals surface area contributed by atoms with Crippen molar-refractivity contribution in [1.82, 2.24) is 39.0 Å². The molecular weight excluding hydrogens is 900 g/mol.